The van der Waals surface area contributed by atoms with Gasteiger partial charge in [-0.2, -0.15) is 0 Å². The van der Waals surface area contributed by atoms with Crippen molar-refractivity contribution < 1.29 is 4.79 Å². The molecule has 1 heterocycles. The number of hydrogen-bond donors (Lipinski definition) is 1. The van der Waals surface area contributed by atoms with Gasteiger partial charge in [0.1, 0.15) is 0 Å². The number of carbonyl (C=O) groups is 1. The highest BCUT2D eigenvalue weighted by molar-refractivity contribution is 5.98. The van der Waals surface area contributed by atoms with E-state index in [-0.39, 0.29) is 11.7 Å². The molecule has 0 atom stereocenters. The Bertz CT molecular complexity index is 628. The minimum atomic E-state index is 0.159. The Morgan fingerprint density at radius 3 is 2.30 bits per heavy atom. The number of nitrogens with zero attached hydrogens (tertiary/aromatic N) is 1. The third-order valence-corrected chi connectivity index (χ3v) is 4.71. The van der Waals surface area contributed by atoms with Crippen molar-refractivity contribution in [3.8, 4) is 0 Å². The van der Waals surface area contributed by atoms with Gasteiger partial charge in [0.05, 0.1) is 0 Å². The second-order valence-electron chi connectivity index (χ2n) is 6.34. The van der Waals surface area contributed by atoms with Gasteiger partial charge in [-0.1, -0.05) is 30.3 Å². The number of likely N-dealkylation sites (tertiary alicyclic amines) is 1. The minimum Gasteiger partial charge on any atom is -0.399 e. The van der Waals surface area contributed by atoms with Gasteiger partial charge < -0.3 is 10.6 Å². The first-order valence-corrected chi connectivity index (χ1v) is 8.38. The van der Waals surface area contributed by atoms with Crippen molar-refractivity contribution in [2.75, 3.05) is 25.4 Å². The van der Waals surface area contributed by atoms with Crippen LogP contribution in [-0.2, 0) is 6.42 Å². The van der Waals surface area contributed by atoms with Gasteiger partial charge in [0.15, 0.2) is 5.78 Å². The van der Waals surface area contributed by atoms with Crippen molar-refractivity contribution in [1.82, 2.24) is 4.90 Å². The molecule has 0 saturated carbocycles. The first-order valence-electron chi connectivity index (χ1n) is 8.38. The Kier molecular flexibility index (Phi) is 5.09. The number of rotatable bonds is 5. The van der Waals surface area contributed by atoms with Crippen LogP contribution in [0.5, 0.6) is 0 Å². The van der Waals surface area contributed by atoms with Gasteiger partial charge in [-0.25, -0.2) is 0 Å². The molecule has 1 saturated heterocycles. The Balaban J connectivity index is 1.48. The van der Waals surface area contributed by atoms with Crippen LogP contribution in [-0.4, -0.2) is 30.3 Å². The number of nitrogens with two attached hydrogens (primary N) is 1. The lowest BCUT2D eigenvalue weighted by molar-refractivity contribution is 0.0841. The molecule has 1 aliphatic rings. The van der Waals surface area contributed by atoms with Crippen LogP contribution in [0.1, 0.15) is 28.8 Å². The molecule has 0 unspecified atom stereocenters. The molecule has 1 fully saturated rings. The fraction of sp³-hybridized carbons (Fsp3) is 0.350. The molecule has 2 N–H and O–H groups in total. The molecule has 0 spiro atoms. The normalized spacial score (nSPS) is 16.3. The van der Waals surface area contributed by atoms with Crippen molar-refractivity contribution in [3.63, 3.8) is 0 Å². The summed E-state index contributed by atoms with van der Waals surface area (Å²) < 4.78 is 0. The molecule has 0 radical (unpaired) electrons. The Morgan fingerprint density at radius 1 is 1.00 bits per heavy atom. The van der Waals surface area contributed by atoms with Gasteiger partial charge in [0, 0.05) is 23.7 Å². The van der Waals surface area contributed by atoms with Crippen LogP contribution >= 0.6 is 0 Å². The number of carbonyl (C=O) groups excluding carboxylic acids is 1. The van der Waals surface area contributed by atoms with E-state index in [0.29, 0.717) is 5.69 Å². The molecule has 3 rings (SSSR count). The zero-order valence-electron chi connectivity index (χ0n) is 13.4. The summed E-state index contributed by atoms with van der Waals surface area (Å²) in [5.41, 5.74) is 8.57. The number of benzene rings is 2. The van der Waals surface area contributed by atoms with Crippen molar-refractivity contribution in [1.29, 1.82) is 0 Å². The number of Topliss-reactive ketones (excluding diaryl/α,β-unsaturated/α-hetero) is 1. The van der Waals surface area contributed by atoms with E-state index in [1.54, 1.807) is 0 Å². The standard InChI is InChI=1S/C20H24N2O/c21-19-8-6-17(7-9-19)20(23)18-11-14-22(15-12-18)13-10-16-4-2-1-3-5-16/h1-9,18H,10-15,21H2. The summed E-state index contributed by atoms with van der Waals surface area (Å²) in [7, 11) is 0. The van der Waals surface area contributed by atoms with Gasteiger partial charge in [-0.3, -0.25) is 4.79 Å². The summed E-state index contributed by atoms with van der Waals surface area (Å²) >= 11 is 0. The van der Waals surface area contributed by atoms with E-state index in [1.165, 1.54) is 5.56 Å². The van der Waals surface area contributed by atoms with Crippen molar-refractivity contribution in [3.05, 3.63) is 65.7 Å². The van der Waals surface area contributed by atoms with Gasteiger partial charge in [0.25, 0.3) is 0 Å². The van der Waals surface area contributed by atoms with Crippen molar-refractivity contribution in [2.45, 2.75) is 19.3 Å². The highest BCUT2D eigenvalue weighted by Crippen LogP contribution is 2.22. The Morgan fingerprint density at radius 2 is 1.65 bits per heavy atom. The topological polar surface area (TPSA) is 46.3 Å². The maximum absolute atomic E-state index is 12.5. The van der Waals surface area contributed by atoms with Crippen LogP contribution in [0.15, 0.2) is 54.6 Å². The van der Waals surface area contributed by atoms with E-state index < -0.39 is 0 Å². The largest absolute Gasteiger partial charge is 0.399 e. The van der Waals surface area contributed by atoms with Crippen LogP contribution in [0.4, 0.5) is 5.69 Å². The molecule has 2 aromatic rings. The SMILES string of the molecule is Nc1ccc(C(=O)C2CCN(CCc3ccccc3)CC2)cc1. The predicted molar refractivity (Wildman–Crippen MR) is 94.5 cm³/mol. The van der Waals surface area contributed by atoms with Gasteiger partial charge >= 0.3 is 0 Å². The molecule has 0 aromatic heterocycles. The lowest BCUT2D eigenvalue weighted by Crippen LogP contribution is -2.37. The third-order valence-electron chi connectivity index (χ3n) is 4.71. The first-order chi connectivity index (χ1) is 11.2. The number of ketones is 1. The number of nitrogen functional groups attached to an aromatic ring is 1. The summed E-state index contributed by atoms with van der Waals surface area (Å²) in [6, 6.07) is 17.9. The molecule has 2 aromatic carbocycles. The summed E-state index contributed by atoms with van der Waals surface area (Å²) in [5, 5.41) is 0. The predicted octanol–water partition coefficient (Wildman–Crippen LogP) is 3.41. The van der Waals surface area contributed by atoms with E-state index in [2.05, 4.69) is 35.2 Å². The number of anilines is 1. The molecule has 3 heteroatoms. The van der Waals surface area contributed by atoms with Crippen molar-refractivity contribution >= 4 is 11.5 Å². The molecule has 0 aliphatic carbocycles. The van der Waals surface area contributed by atoms with Crippen LogP contribution in [0.2, 0.25) is 0 Å². The molecular formula is C20H24N2O. The van der Waals surface area contributed by atoms with Gasteiger partial charge in [-0.15, -0.1) is 0 Å². The molecule has 120 valence electrons. The second kappa shape index (κ2) is 7.42. The zero-order valence-corrected chi connectivity index (χ0v) is 13.4. The van der Waals surface area contributed by atoms with E-state index >= 15 is 0 Å². The fourth-order valence-electron chi connectivity index (χ4n) is 3.23. The first kappa shape index (κ1) is 15.8. The maximum Gasteiger partial charge on any atom is 0.166 e. The summed E-state index contributed by atoms with van der Waals surface area (Å²) in [6.45, 7) is 3.10. The summed E-state index contributed by atoms with van der Waals surface area (Å²) in [5.74, 6) is 0.430. The molecule has 0 bridgehead atoms. The van der Waals surface area contributed by atoms with Crippen LogP contribution < -0.4 is 5.73 Å². The Labute approximate surface area is 138 Å². The molecule has 3 nitrogen and oxygen atoms in total. The highest BCUT2D eigenvalue weighted by atomic mass is 16.1. The minimum absolute atomic E-state index is 0.159. The highest BCUT2D eigenvalue weighted by Gasteiger charge is 2.25. The summed E-state index contributed by atoms with van der Waals surface area (Å²) in [4.78, 5) is 15.0. The van der Waals surface area contributed by atoms with Crippen LogP contribution in [0.3, 0.4) is 0 Å². The quantitative estimate of drug-likeness (QED) is 0.680. The monoisotopic (exact) mass is 308 g/mol. The van der Waals surface area contributed by atoms with Gasteiger partial charge in [-0.05, 0) is 62.2 Å². The molecule has 1 aliphatic heterocycles. The van der Waals surface area contributed by atoms with Crippen LogP contribution in [0, 0.1) is 5.92 Å². The smallest absolute Gasteiger partial charge is 0.166 e. The Hall–Kier alpha value is -2.13. The molecule has 23 heavy (non-hydrogen) atoms. The average Bonchev–Trinajstić information content (AvgIpc) is 2.61. The number of piperidine rings is 1. The second-order valence-corrected chi connectivity index (χ2v) is 6.34. The van der Waals surface area contributed by atoms with E-state index in [0.717, 1.165) is 44.5 Å². The maximum atomic E-state index is 12.5. The lowest BCUT2D eigenvalue weighted by Gasteiger charge is -2.31. The van der Waals surface area contributed by atoms with E-state index in [4.69, 9.17) is 5.73 Å². The van der Waals surface area contributed by atoms with Gasteiger partial charge in [0.2, 0.25) is 0 Å². The third kappa shape index (κ3) is 4.20. The molecular weight excluding hydrogens is 284 g/mol. The van der Waals surface area contributed by atoms with E-state index in [9.17, 15) is 4.79 Å². The number of hydrogen-bond acceptors (Lipinski definition) is 3. The fourth-order valence-corrected chi connectivity index (χ4v) is 3.23. The van der Waals surface area contributed by atoms with Crippen LogP contribution in [0.25, 0.3) is 0 Å². The average molecular weight is 308 g/mol. The lowest BCUT2D eigenvalue weighted by atomic mass is 9.88. The van der Waals surface area contributed by atoms with Crippen molar-refractivity contribution in [2.24, 2.45) is 5.92 Å². The molecule has 0 amide bonds. The zero-order chi connectivity index (χ0) is 16.1. The summed E-state index contributed by atoms with van der Waals surface area (Å²) in [6.07, 6.45) is 2.99. The van der Waals surface area contributed by atoms with E-state index in [1.807, 2.05) is 24.3 Å².